The quantitative estimate of drug-likeness (QED) is 0.763. The minimum absolute atomic E-state index is 0.0811. The molecule has 0 spiro atoms. The second kappa shape index (κ2) is 5.80. The van der Waals surface area contributed by atoms with Crippen molar-refractivity contribution in [3.63, 3.8) is 0 Å². The molecule has 0 aromatic heterocycles. The topological polar surface area (TPSA) is 29.3 Å². The number of nitrogens with zero attached hydrogens (tertiary/aromatic N) is 1. The Bertz CT molecular complexity index is 176. The lowest BCUT2D eigenvalue weighted by Gasteiger charge is -2.45. The monoisotopic (exact) mass is 216 g/mol. The number of hydrogen-bond acceptors (Lipinski definition) is 2. The van der Waals surface area contributed by atoms with Gasteiger partial charge in [-0.2, -0.15) is 0 Å². The molecule has 0 saturated heterocycles. The van der Waals surface area contributed by atoms with E-state index in [9.17, 15) is 4.39 Å². The number of alkyl halides is 1. The van der Waals surface area contributed by atoms with Gasteiger partial charge >= 0.3 is 0 Å². The van der Waals surface area contributed by atoms with Gasteiger partial charge < -0.3 is 5.73 Å². The molecule has 0 radical (unpaired) electrons. The molecule has 0 heterocycles. The van der Waals surface area contributed by atoms with Gasteiger partial charge in [0.15, 0.2) is 0 Å². The van der Waals surface area contributed by atoms with E-state index in [-0.39, 0.29) is 12.2 Å². The van der Waals surface area contributed by atoms with Crippen LogP contribution in [-0.4, -0.2) is 37.3 Å². The second-order valence-corrected chi connectivity index (χ2v) is 4.89. The first kappa shape index (κ1) is 12.9. The zero-order valence-corrected chi connectivity index (χ0v) is 10.1. The molecule has 0 aromatic carbocycles. The molecule has 0 amide bonds. The summed E-state index contributed by atoms with van der Waals surface area (Å²) >= 11 is 0. The molecule has 2 N–H and O–H groups in total. The van der Waals surface area contributed by atoms with Crippen LogP contribution in [0, 0.1) is 5.92 Å². The molecule has 0 atom stereocenters. The van der Waals surface area contributed by atoms with E-state index in [1.165, 1.54) is 19.3 Å². The van der Waals surface area contributed by atoms with Crippen molar-refractivity contribution in [1.29, 1.82) is 0 Å². The van der Waals surface area contributed by atoms with Crippen LogP contribution in [-0.2, 0) is 0 Å². The Morgan fingerprint density at radius 2 is 2.00 bits per heavy atom. The van der Waals surface area contributed by atoms with Crippen LogP contribution in [0.5, 0.6) is 0 Å². The first-order valence-electron chi connectivity index (χ1n) is 6.16. The molecule has 1 fully saturated rings. The normalized spacial score (nSPS) is 32.2. The third kappa shape index (κ3) is 2.91. The van der Waals surface area contributed by atoms with Crippen LogP contribution in [0.1, 0.15) is 39.0 Å². The van der Waals surface area contributed by atoms with Gasteiger partial charge in [0.05, 0.1) is 0 Å². The smallest absolute Gasteiger partial charge is 0.102 e. The van der Waals surface area contributed by atoms with Crippen LogP contribution < -0.4 is 5.73 Å². The Hall–Kier alpha value is -0.150. The molecule has 90 valence electrons. The van der Waals surface area contributed by atoms with Gasteiger partial charge in [-0.15, -0.1) is 0 Å². The first-order valence-corrected chi connectivity index (χ1v) is 6.16. The first-order chi connectivity index (χ1) is 7.18. The minimum Gasteiger partial charge on any atom is -0.329 e. The zero-order valence-electron chi connectivity index (χ0n) is 10.1. The van der Waals surface area contributed by atoms with Crippen molar-refractivity contribution in [3.8, 4) is 0 Å². The second-order valence-electron chi connectivity index (χ2n) is 4.89. The molecule has 0 aliphatic heterocycles. The van der Waals surface area contributed by atoms with Crippen LogP contribution in [0.2, 0.25) is 0 Å². The highest BCUT2D eigenvalue weighted by atomic mass is 19.1. The average Bonchev–Trinajstić information content (AvgIpc) is 2.29. The van der Waals surface area contributed by atoms with Gasteiger partial charge in [-0.3, -0.25) is 4.90 Å². The number of likely N-dealkylation sites (N-methyl/N-ethyl adjacent to an activating group) is 1. The van der Waals surface area contributed by atoms with Gasteiger partial charge in [-0.25, -0.2) is 4.39 Å². The van der Waals surface area contributed by atoms with Crippen LogP contribution >= 0.6 is 0 Å². The van der Waals surface area contributed by atoms with Gasteiger partial charge in [0.2, 0.25) is 0 Å². The lowest BCUT2D eigenvalue weighted by atomic mass is 9.75. The summed E-state index contributed by atoms with van der Waals surface area (Å²) in [6, 6.07) is 0. The fraction of sp³-hybridized carbons (Fsp3) is 1.00. The van der Waals surface area contributed by atoms with Crippen molar-refractivity contribution in [2.75, 3.05) is 26.8 Å². The number of rotatable bonds is 5. The van der Waals surface area contributed by atoms with E-state index >= 15 is 0 Å². The predicted molar refractivity (Wildman–Crippen MR) is 62.6 cm³/mol. The Balaban J connectivity index is 2.55. The van der Waals surface area contributed by atoms with Crippen molar-refractivity contribution < 1.29 is 4.39 Å². The van der Waals surface area contributed by atoms with Crippen LogP contribution in [0.25, 0.3) is 0 Å². The third-order valence-electron chi connectivity index (χ3n) is 4.22. The average molecular weight is 216 g/mol. The van der Waals surface area contributed by atoms with Gasteiger partial charge in [0.1, 0.15) is 6.67 Å². The molecule has 0 bridgehead atoms. The molecule has 1 rings (SSSR count). The highest BCUT2D eigenvalue weighted by molar-refractivity contribution is 4.94. The molecular weight excluding hydrogens is 191 g/mol. The molecule has 2 nitrogen and oxygen atoms in total. The summed E-state index contributed by atoms with van der Waals surface area (Å²) in [6.45, 7) is 3.18. The van der Waals surface area contributed by atoms with Crippen molar-refractivity contribution >= 4 is 0 Å². The van der Waals surface area contributed by atoms with Crippen molar-refractivity contribution in [2.24, 2.45) is 11.7 Å². The molecule has 0 aromatic rings. The molecule has 15 heavy (non-hydrogen) atoms. The summed E-state index contributed by atoms with van der Waals surface area (Å²) in [5.41, 5.74) is 5.97. The van der Waals surface area contributed by atoms with Crippen molar-refractivity contribution in [3.05, 3.63) is 0 Å². The predicted octanol–water partition coefficient (Wildman–Crippen LogP) is 2.19. The maximum Gasteiger partial charge on any atom is 0.102 e. The molecular formula is C12H25FN2. The van der Waals surface area contributed by atoms with E-state index in [2.05, 4.69) is 11.8 Å². The lowest BCUT2D eigenvalue weighted by Crippen LogP contribution is -2.54. The van der Waals surface area contributed by atoms with Crippen LogP contribution in [0.3, 0.4) is 0 Å². The Kier molecular flexibility index (Phi) is 5.00. The van der Waals surface area contributed by atoms with Crippen molar-refractivity contribution in [1.82, 2.24) is 4.90 Å². The summed E-state index contributed by atoms with van der Waals surface area (Å²) in [6.07, 6.45) is 6.05. The Labute approximate surface area is 93.0 Å². The molecule has 3 heteroatoms. The lowest BCUT2D eigenvalue weighted by molar-refractivity contribution is 0.0593. The van der Waals surface area contributed by atoms with E-state index < -0.39 is 0 Å². The standard InChI is InChI=1S/C12H25FN2/c1-3-11-4-6-12(10-14,7-5-11)15(2)9-8-13/h11H,3-10,14H2,1-2H3. The SMILES string of the molecule is CCC1CCC(CN)(N(C)CCF)CC1. The summed E-state index contributed by atoms with van der Waals surface area (Å²) in [5.74, 6) is 0.864. The number of halogens is 1. The maximum atomic E-state index is 12.4. The van der Waals surface area contributed by atoms with E-state index in [4.69, 9.17) is 5.73 Å². The van der Waals surface area contributed by atoms with E-state index in [1.54, 1.807) is 0 Å². The zero-order chi connectivity index (χ0) is 11.3. The summed E-state index contributed by atoms with van der Waals surface area (Å²) in [7, 11) is 2.01. The van der Waals surface area contributed by atoms with E-state index in [0.717, 1.165) is 18.8 Å². The number of hydrogen-bond donors (Lipinski definition) is 1. The minimum atomic E-state index is -0.268. The molecule has 1 aliphatic carbocycles. The highest BCUT2D eigenvalue weighted by Crippen LogP contribution is 2.36. The van der Waals surface area contributed by atoms with Gasteiger partial charge in [0.25, 0.3) is 0 Å². The van der Waals surface area contributed by atoms with Crippen LogP contribution in [0.4, 0.5) is 4.39 Å². The largest absolute Gasteiger partial charge is 0.329 e. The van der Waals surface area contributed by atoms with E-state index in [1.807, 2.05) is 7.05 Å². The van der Waals surface area contributed by atoms with Gasteiger partial charge in [-0.1, -0.05) is 13.3 Å². The maximum absolute atomic E-state index is 12.4. The third-order valence-corrected chi connectivity index (χ3v) is 4.22. The molecule has 1 aliphatic rings. The summed E-state index contributed by atoms with van der Waals surface area (Å²) in [4.78, 5) is 2.14. The van der Waals surface area contributed by atoms with Crippen molar-refractivity contribution in [2.45, 2.75) is 44.6 Å². The highest BCUT2D eigenvalue weighted by Gasteiger charge is 2.36. The molecule has 0 unspecified atom stereocenters. The van der Waals surface area contributed by atoms with Gasteiger partial charge in [0, 0.05) is 18.6 Å². The fourth-order valence-electron chi connectivity index (χ4n) is 2.73. The summed E-state index contributed by atoms with van der Waals surface area (Å²) in [5, 5.41) is 0. The van der Waals surface area contributed by atoms with Gasteiger partial charge in [-0.05, 0) is 38.6 Å². The number of nitrogens with two attached hydrogens (primary N) is 1. The Morgan fingerprint density at radius 1 is 1.40 bits per heavy atom. The van der Waals surface area contributed by atoms with Crippen LogP contribution in [0.15, 0.2) is 0 Å². The Morgan fingerprint density at radius 3 is 2.40 bits per heavy atom. The fourth-order valence-corrected chi connectivity index (χ4v) is 2.73. The summed E-state index contributed by atoms with van der Waals surface area (Å²) < 4.78 is 12.4. The molecule has 1 saturated carbocycles. The van der Waals surface area contributed by atoms with E-state index in [0.29, 0.717) is 13.1 Å².